The molecule has 272 valence electrons. The van der Waals surface area contributed by atoms with Crippen LogP contribution in [0.4, 0.5) is 17.1 Å². The molecular formula is C54H33NO2S. The highest BCUT2D eigenvalue weighted by atomic mass is 32.1. The number of para-hydroxylation sites is 3. The Morgan fingerprint density at radius 1 is 0.362 bits per heavy atom. The van der Waals surface area contributed by atoms with E-state index in [0.29, 0.717) is 0 Å². The van der Waals surface area contributed by atoms with E-state index < -0.39 is 0 Å². The van der Waals surface area contributed by atoms with Gasteiger partial charge in [-0.3, -0.25) is 0 Å². The van der Waals surface area contributed by atoms with Crippen molar-refractivity contribution in [2.75, 3.05) is 4.90 Å². The van der Waals surface area contributed by atoms with Crippen molar-refractivity contribution in [3.05, 3.63) is 200 Å². The number of anilines is 3. The Morgan fingerprint density at radius 3 is 1.79 bits per heavy atom. The summed E-state index contributed by atoms with van der Waals surface area (Å²) in [4.78, 5) is 2.42. The molecule has 58 heavy (non-hydrogen) atoms. The molecule has 0 bridgehead atoms. The van der Waals surface area contributed by atoms with Crippen LogP contribution >= 0.6 is 11.3 Å². The highest BCUT2D eigenvalue weighted by Crippen LogP contribution is 2.51. The summed E-state index contributed by atoms with van der Waals surface area (Å²) in [6.45, 7) is 0. The van der Waals surface area contributed by atoms with Crippen LogP contribution in [0.5, 0.6) is 0 Å². The second-order valence-electron chi connectivity index (χ2n) is 14.8. The highest BCUT2D eigenvalue weighted by Gasteiger charge is 2.27. The largest absolute Gasteiger partial charge is 0.456 e. The van der Waals surface area contributed by atoms with Crippen LogP contribution in [0.1, 0.15) is 0 Å². The first-order valence-electron chi connectivity index (χ1n) is 19.6. The van der Waals surface area contributed by atoms with Crippen LogP contribution in [-0.4, -0.2) is 0 Å². The van der Waals surface area contributed by atoms with E-state index in [1.807, 2.05) is 23.5 Å². The van der Waals surface area contributed by atoms with Gasteiger partial charge in [0.2, 0.25) is 0 Å². The molecule has 0 amide bonds. The first-order valence-corrected chi connectivity index (χ1v) is 20.4. The van der Waals surface area contributed by atoms with Crippen molar-refractivity contribution in [1.82, 2.24) is 0 Å². The van der Waals surface area contributed by atoms with Gasteiger partial charge in [0.05, 0.1) is 21.8 Å². The van der Waals surface area contributed by atoms with E-state index in [1.54, 1.807) is 0 Å². The van der Waals surface area contributed by atoms with Gasteiger partial charge in [0.1, 0.15) is 16.7 Å². The predicted molar refractivity (Wildman–Crippen MR) is 245 cm³/mol. The molecule has 0 spiro atoms. The van der Waals surface area contributed by atoms with Gasteiger partial charge in [0, 0.05) is 48.1 Å². The average molecular weight is 760 g/mol. The van der Waals surface area contributed by atoms with Crippen LogP contribution in [0, 0.1) is 0 Å². The third-order valence-electron chi connectivity index (χ3n) is 11.5. The topological polar surface area (TPSA) is 29.5 Å². The number of nitrogens with zero attached hydrogens (tertiary/aromatic N) is 1. The minimum Gasteiger partial charge on any atom is -0.456 e. The van der Waals surface area contributed by atoms with Crippen LogP contribution in [0.25, 0.3) is 97.4 Å². The van der Waals surface area contributed by atoms with E-state index in [0.717, 1.165) is 83.2 Å². The lowest BCUT2D eigenvalue weighted by atomic mass is 9.95. The standard InChI is InChI=1S/C54H33NO2S/c1-3-15-34(16-4-1)35-29-31-37(32-30-35)50-51-42-21-8-11-27-47(42)56-48(51)33-43-40-22-13-25-45(52(40)57-53(43)50)55(44-24-10-7-19-38(44)36-17-5-2-6-18-36)46-26-14-23-41-39-20-9-12-28-49(39)58-54(41)46/h1-33H. The van der Waals surface area contributed by atoms with Gasteiger partial charge in [0.25, 0.3) is 0 Å². The molecule has 0 aliphatic carbocycles. The molecule has 0 fully saturated rings. The Balaban J connectivity index is 1.17. The smallest absolute Gasteiger partial charge is 0.159 e. The van der Waals surface area contributed by atoms with Gasteiger partial charge in [-0.15, -0.1) is 11.3 Å². The second kappa shape index (κ2) is 13.1. The highest BCUT2D eigenvalue weighted by molar-refractivity contribution is 7.26. The summed E-state index contributed by atoms with van der Waals surface area (Å²) in [5, 5.41) is 6.67. The maximum Gasteiger partial charge on any atom is 0.159 e. The molecule has 0 aliphatic heterocycles. The molecular weight excluding hydrogens is 727 g/mol. The monoisotopic (exact) mass is 759 g/mol. The fourth-order valence-electron chi connectivity index (χ4n) is 8.86. The predicted octanol–water partition coefficient (Wildman–Crippen LogP) is 16.3. The molecule has 4 heteroatoms. The zero-order chi connectivity index (χ0) is 38.2. The SMILES string of the molecule is c1ccc(-c2ccc(-c3c4oc5c(N(c6ccccc6-c6ccccc6)c6cccc7c6sc6ccccc67)cccc5c4cc4oc5ccccc5c34)cc2)cc1. The molecule has 0 atom stereocenters. The molecule has 3 heterocycles. The Kier molecular flexibility index (Phi) is 7.40. The van der Waals surface area contributed by atoms with E-state index in [9.17, 15) is 0 Å². The molecule has 0 radical (unpaired) electrons. The number of hydrogen-bond acceptors (Lipinski definition) is 4. The third-order valence-corrected chi connectivity index (χ3v) is 12.7. The van der Waals surface area contributed by atoms with Crippen LogP contribution < -0.4 is 4.90 Å². The first-order chi connectivity index (χ1) is 28.8. The van der Waals surface area contributed by atoms with E-state index >= 15 is 0 Å². The zero-order valence-electron chi connectivity index (χ0n) is 31.2. The fraction of sp³-hybridized carbons (Fsp3) is 0. The number of hydrogen-bond donors (Lipinski definition) is 0. The maximum absolute atomic E-state index is 7.37. The number of fused-ring (bicyclic) bond motifs is 9. The van der Waals surface area contributed by atoms with Gasteiger partial charge >= 0.3 is 0 Å². The first kappa shape index (κ1) is 32.8. The van der Waals surface area contributed by atoms with Gasteiger partial charge in [-0.2, -0.15) is 0 Å². The summed E-state index contributed by atoms with van der Waals surface area (Å²) in [6.07, 6.45) is 0. The summed E-state index contributed by atoms with van der Waals surface area (Å²) < 4.78 is 16.5. The van der Waals surface area contributed by atoms with Crippen molar-refractivity contribution in [1.29, 1.82) is 0 Å². The normalized spacial score (nSPS) is 11.8. The summed E-state index contributed by atoms with van der Waals surface area (Å²) in [7, 11) is 0. The second-order valence-corrected chi connectivity index (χ2v) is 15.8. The summed E-state index contributed by atoms with van der Waals surface area (Å²) >= 11 is 1.84. The molecule has 12 rings (SSSR count). The van der Waals surface area contributed by atoms with Crippen molar-refractivity contribution in [3.63, 3.8) is 0 Å². The molecule has 3 nitrogen and oxygen atoms in total. The van der Waals surface area contributed by atoms with Gasteiger partial charge in [-0.05, 0) is 58.7 Å². The van der Waals surface area contributed by atoms with Crippen LogP contribution in [-0.2, 0) is 0 Å². The molecule has 0 aliphatic rings. The Morgan fingerprint density at radius 2 is 0.966 bits per heavy atom. The summed E-state index contributed by atoms with van der Waals surface area (Å²) in [5.74, 6) is 0. The van der Waals surface area contributed by atoms with Crippen LogP contribution in [0.15, 0.2) is 209 Å². The van der Waals surface area contributed by atoms with Gasteiger partial charge < -0.3 is 13.7 Å². The molecule has 0 N–H and O–H groups in total. The molecule has 3 aromatic heterocycles. The van der Waals surface area contributed by atoms with Gasteiger partial charge in [-0.25, -0.2) is 0 Å². The van der Waals surface area contributed by atoms with E-state index in [2.05, 4.69) is 193 Å². The Labute approximate surface area is 338 Å². The fourth-order valence-corrected chi connectivity index (χ4v) is 10.1. The van der Waals surface area contributed by atoms with Gasteiger partial charge in [-0.1, -0.05) is 164 Å². The molecule has 0 unspecified atom stereocenters. The average Bonchev–Trinajstić information content (AvgIpc) is 3.99. The van der Waals surface area contributed by atoms with Crippen molar-refractivity contribution < 1.29 is 8.83 Å². The Bertz CT molecular complexity index is 3500. The molecule has 0 saturated heterocycles. The van der Waals surface area contributed by atoms with Crippen molar-refractivity contribution in [2.24, 2.45) is 0 Å². The summed E-state index contributed by atoms with van der Waals surface area (Å²) in [6, 6.07) is 71.2. The van der Waals surface area contributed by atoms with Crippen LogP contribution in [0.3, 0.4) is 0 Å². The van der Waals surface area contributed by atoms with E-state index in [1.165, 1.54) is 31.3 Å². The minimum atomic E-state index is 0.817. The zero-order valence-corrected chi connectivity index (χ0v) is 32.0. The van der Waals surface area contributed by atoms with E-state index in [4.69, 9.17) is 8.83 Å². The Hall–Kier alpha value is -7.40. The maximum atomic E-state index is 7.37. The minimum absolute atomic E-state index is 0.817. The lowest BCUT2D eigenvalue weighted by molar-refractivity contribution is 0.665. The van der Waals surface area contributed by atoms with Crippen molar-refractivity contribution in [3.8, 4) is 33.4 Å². The van der Waals surface area contributed by atoms with Crippen molar-refractivity contribution >= 4 is 92.4 Å². The molecule has 12 aromatic rings. The number of furan rings is 2. The van der Waals surface area contributed by atoms with E-state index in [-0.39, 0.29) is 0 Å². The quantitative estimate of drug-likeness (QED) is 0.169. The number of benzene rings is 9. The molecule has 9 aromatic carbocycles. The third kappa shape index (κ3) is 5.05. The number of thiophene rings is 1. The lowest BCUT2D eigenvalue weighted by Gasteiger charge is -2.28. The van der Waals surface area contributed by atoms with Crippen LogP contribution in [0.2, 0.25) is 0 Å². The summed E-state index contributed by atoms with van der Waals surface area (Å²) in [5.41, 5.74) is 13.2. The van der Waals surface area contributed by atoms with Crippen molar-refractivity contribution in [2.45, 2.75) is 0 Å². The lowest BCUT2D eigenvalue weighted by Crippen LogP contribution is -2.11. The molecule has 0 saturated carbocycles. The number of rotatable bonds is 6. The van der Waals surface area contributed by atoms with Gasteiger partial charge in [0.15, 0.2) is 5.58 Å².